The van der Waals surface area contributed by atoms with Crippen molar-refractivity contribution in [3.63, 3.8) is 0 Å². The molecule has 5 aliphatic rings. The van der Waals surface area contributed by atoms with Crippen LogP contribution in [0.25, 0.3) is 16.3 Å². The number of ketones is 4. The van der Waals surface area contributed by atoms with Crippen LogP contribution in [0.4, 0.5) is 0 Å². The fraction of sp³-hybridized carbons (Fsp3) is 0.580. The monoisotopic (exact) mass is 790 g/mol. The Kier molecular flexibility index (Phi) is 12.6. The second-order valence-corrected chi connectivity index (χ2v) is 18.8. The topological polar surface area (TPSA) is 113 Å². The average molecular weight is 791 g/mol. The fourth-order valence-corrected chi connectivity index (χ4v) is 10.0. The van der Waals surface area contributed by atoms with E-state index in [4.69, 9.17) is 14.2 Å². The number of allylic oxidation sites excluding steroid dienone is 5. The van der Waals surface area contributed by atoms with Gasteiger partial charge in [0.1, 0.15) is 46.8 Å². The highest BCUT2D eigenvalue weighted by Gasteiger charge is 2.60. The zero-order valence-corrected chi connectivity index (χ0v) is 35.2. The number of Topliss-reactive ketones (excluding diaryl/α,β-unsaturated/α-hetero) is 4. The van der Waals surface area contributed by atoms with E-state index in [0.29, 0.717) is 30.9 Å². The second-order valence-electron chi connectivity index (χ2n) is 18.8. The average Bonchev–Trinajstić information content (AvgIpc) is 3.97. The molecule has 6 atom stereocenters. The molecular weight excluding hydrogens is 729 g/mol. The summed E-state index contributed by atoms with van der Waals surface area (Å²) in [5.41, 5.74) is 2.60. The van der Waals surface area contributed by atoms with Crippen molar-refractivity contribution in [1.82, 2.24) is 0 Å². The summed E-state index contributed by atoms with van der Waals surface area (Å²) in [6, 6.07) is 10.1. The largest absolute Gasteiger partial charge is 0.497 e. The number of ether oxygens (including phenoxy) is 3. The molecule has 5 aliphatic carbocycles. The van der Waals surface area contributed by atoms with Crippen LogP contribution in [0.5, 0.6) is 11.5 Å². The standard InChI is InChI=1S/C50H62O8/c1-7-36-27-50(36,47(53)26-44(51)32-14-15-32)28-45(52)42-23-39(24-43(42)49(55)41(30(4)5)25-48(54)58-37-10-8-9-11-37)57-46-22-34(33-13-12-31(19-33)18-29(2)3)20-35-21-38(56-6)16-17-40(35)46/h7,13,16-17,19-22,29-30,32,36-37,39,41-43H,1,8-12,14-15,18,23-28H2,2-6H3. The van der Waals surface area contributed by atoms with E-state index in [1.165, 1.54) is 5.57 Å². The molecule has 0 saturated heterocycles. The van der Waals surface area contributed by atoms with Gasteiger partial charge < -0.3 is 14.2 Å². The highest BCUT2D eigenvalue weighted by Crippen LogP contribution is 2.59. The summed E-state index contributed by atoms with van der Waals surface area (Å²) in [7, 11) is 1.65. The number of carbonyl (C=O) groups is 5. The molecule has 310 valence electrons. The lowest BCUT2D eigenvalue weighted by Gasteiger charge is -2.26. The molecule has 0 spiro atoms. The van der Waals surface area contributed by atoms with Crippen molar-refractivity contribution >= 4 is 45.4 Å². The molecule has 58 heavy (non-hydrogen) atoms. The number of hydrogen-bond donors (Lipinski definition) is 0. The Labute approximate surface area is 344 Å². The molecule has 4 fully saturated rings. The predicted molar refractivity (Wildman–Crippen MR) is 225 cm³/mol. The van der Waals surface area contributed by atoms with Gasteiger partial charge in [-0.2, -0.15) is 0 Å². The molecule has 0 heterocycles. The van der Waals surface area contributed by atoms with Gasteiger partial charge in [-0.15, -0.1) is 6.58 Å². The number of benzene rings is 2. The number of methoxy groups -OCH3 is 1. The minimum absolute atomic E-state index is 0.0316. The molecule has 0 radical (unpaired) electrons. The van der Waals surface area contributed by atoms with Gasteiger partial charge in [0, 0.05) is 40.9 Å². The summed E-state index contributed by atoms with van der Waals surface area (Å²) in [5.74, 6) is -1.30. The van der Waals surface area contributed by atoms with E-state index in [0.717, 1.165) is 79.0 Å². The first kappa shape index (κ1) is 41.8. The number of carbonyl (C=O) groups excluding carboxylic acids is 5. The molecule has 0 amide bonds. The van der Waals surface area contributed by atoms with Crippen molar-refractivity contribution in [2.24, 2.45) is 46.8 Å². The molecule has 7 rings (SSSR count). The van der Waals surface area contributed by atoms with Crippen molar-refractivity contribution in [2.45, 2.75) is 130 Å². The Bertz CT molecular complexity index is 2010. The van der Waals surface area contributed by atoms with Gasteiger partial charge in [-0.25, -0.2) is 0 Å². The quantitative estimate of drug-likeness (QED) is 0.0740. The minimum Gasteiger partial charge on any atom is -0.497 e. The van der Waals surface area contributed by atoms with Crippen LogP contribution in [0.3, 0.4) is 0 Å². The Morgan fingerprint density at radius 2 is 1.66 bits per heavy atom. The summed E-state index contributed by atoms with van der Waals surface area (Å²) >= 11 is 0. The molecule has 6 unspecified atom stereocenters. The van der Waals surface area contributed by atoms with Gasteiger partial charge in [0.25, 0.3) is 0 Å². The predicted octanol–water partition coefficient (Wildman–Crippen LogP) is 10.2. The van der Waals surface area contributed by atoms with Gasteiger partial charge in [0.05, 0.1) is 20.0 Å². The molecule has 8 nitrogen and oxygen atoms in total. The molecule has 2 aromatic carbocycles. The lowest BCUT2D eigenvalue weighted by Crippen LogP contribution is -2.36. The highest BCUT2D eigenvalue weighted by atomic mass is 16.5. The lowest BCUT2D eigenvalue weighted by atomic mass is 9.75. The Morgan fingerprint density at radius 3 is 2.31 bits per heavy atom. The molecule has 0 aromatic heterocycles. The Balaban J connectivity index is 1.18. The van der Waals surface area contributed by atoms with Crippen LogP contribution in [-0.2, 0) is 28.7 Å². The first-order valence-electron chi connectivity index (χ1n) is 21.9. The van der Waals surface area contributed by atoms with E-state index in [9.17, 15) is 24.0 Å². The van der Waals surface area contributed by atoms with Gasteiger partial charge in [0.15, 0.2) is 0 Å². The maximum atomic E-state index is 14.8. The number of fused-ring (bicyclic) bond motifs is 1. The first-order chi connectivity index (χ1) is 27.8. The summed E-state index contributed by atoms with van der Waals surface area (Å²) < 4.78 is 18.3. The SMILES string of the molecule is C=CC1CC1(CC(=O)C1CC(Oc2cc(C3=CCC(CC(C)C)=C3)cc3cc(OC)ccc23)CC1C(=O)C(CC(=O)OC1CCCC1)C(C)C)C(=O)CC(=O)C1CC1. The zero-order valence-electron chi connectivity index (χ0n) is 35.2. The van der Waals surface area contributed by atoms with Crippen LogP contribution in [-0.4, -0.2) is 48.4 Å². The van der Waals surface area contributed by atoms with Gasteiger partial charge in [0.2, 0.25) is 0 Å². The van der Waals surface area contributed by atoms with Gasteiger partial charge >= 0.3 is 5.97 Å². The van der Waals surface area contributed by atoms with Gasteiger partial charge in [-0.3, -0.25) is 24.0 Å². The van der Waals surface area contributed by atoms with Crippen LogP contribution < -0.4 is 9.47 Å². The fourth-order valence-electron chi connectivity index (χ4n) is 10.0. The maximum Gasteiger partial charge on any atom is 0.306 e. The zero-order chi connectivity index (χ0) is 41.3. The molecule has 0 N–H and O–H groups in total. The second kappa shape index (κ2) is 17.5. The van der Waals surface area contributed by atoms with Crippen molar-refractivity contribution in [2.75, 3.05) is 7.11 Å². The van der Waals surface area contributed by atoms with Crippen LogP contribution in [0, 0.1) is 46.8 Å². The Morgan fingerprint density at radius 1 is 0.914 bits per heavy atom. The first-order valence-corrected chi connectivity index (χ1v) is 21.9. The molecule has 0 bridgehead atoms. The van der Waals surface area contributed by atoms with E-state index in [2.05, 4.69) is 44.7 Å². The molecule has 8 heteroatoms. The van der Waals surface area contributed by atoms with Crippen LogP contribution in [0.2, 0.25) is 0 Å². The third-order valence-corrected chi connectivity index (χ3v) is 13.6. The van der Waals surface area contributed by atoms with Crippen LogP contribution in [0.1, 0.15) is 123 Å². The summed E-state index contributed by atoms with van der Waals surface area (Å²) in [5, 5.41) is 1.86. The summed E-state index contributed by atoms with van der Waals surface area (Å²) in [6.07, 6.45) is 13.9. The van der Waals surface area contributed by atoms with Crippen LogP contribution in [0.15, 0.2) is 60.7 Å². The third-order valence-electron chi connectivity index (χ3n) is 13.6. The van der Waals surface area contributed by atoms with Crippen molar-refractivity contribution < 1.29 is 38.2 Å². The molecular formula is C50H62O8. The molecule has 0 aliphatic heterocycles. The van der Waals surface area contributed by atoms with E-state index in [1.54, 1.807) is 13.2 Å². The number of hydrogen-bond acceptors (Lipinski definition) is 8. The smallest absolute Gasteiger partial charge is 0.306 e. The van der Waals surface area contributed by atoms with E-state index in [-0.39, 0.29) is 72.2 Å². The van der Waals surface area contributed by atoms with Crippen LogP contribution >= 0.6 is 0 Å². The van der Waals surface area contributed by atoms with Crippen molar-refractivity contribution in [1.29, 1.82) is 0 Å². The summed E-state index contributed by atoms with van der Waals surface area (Å²) in [4.78, 5) is 69.3. The van der Waals surface area contributed by atoms with E-state index >= 15 is 0 Å². The normalized spacial score (nSPS) is 26.1. The van der Waals surface area contributed by atoms with Crippen molar-refractivity contribution in [3.8, 4) is 11.5 Å². The minimum atomic E-state index is -0.959. The van der Waals surface area contributed by atoms with Gasteiger partial charge in [-0.05, 0) is 135 Å². The lowest BCUT2D eigenvalue weighted by molar-refractivity contribution is -0.152. The van der Waals surface area contributed by atoms with E-state index in [1.807, 2.05) is 32.0 Å². The molecule has 2 aromatic rings. The van der Waals surface area contributed by atoms with Gasteiger partial charge in [-0.1, -0.05) is 51.5 Å². The maximum absolute atomic E-state index is 14.8. The van der Waals surface area contributed by atoms with Crippen molar-refractivity contribution in [3.05, 3.63) is 66.3 Å². The number of rotatable bonds is 20. The third kappa shape index (κ3) is 9.26. The number of esters is 1. The Hall–Kier alpha value is -4.33. The molecule has 4 saturated carbocycles. The van der Waals surface area contributed by atoms with E-state index < -0.39 is 29.3 Å². The highest BCUT2D eigenvalue weighted by molar-refractivity contribution is 6.07. The summed E-state index contributed by atoms with van der Waals surface area (Å²) in [6.45, 7) is 12.3.